The largest absolute Gasteiger partial charge is 0.316 e. The van der Waals surface area contributed by atoms with Crippen LogP contribution < -0.4 is 5.32 Å². The molecule has 1 N–H and O–H groups in total. The van der Waals surface area contributed by atoms with Gasteiger partial charge < -0.3 is 5.32 Å². The van der Waals surface area contributed by atoms with E-state index in [2.05, 4.69) is 27.9 Å². The smallest absolute Gasteiger partial charge is 0.000161 e. The lowest BCUT2D eigenvalue weighted by Gasteiger charge is -2.01. The van der Waals surface area contributed by atoms with Crippen molar-refractivity contribution in [3.8, 4) is 0 Å². The second kappa shape index (κ2) is 3.67. The molecule has 2 heteroatoms. The van der Waals surface area contributed by atoms with Gasteiger partial charge in [0.2, 0.25) is 0 Å². The van der Waals surface area contributed by atoms with E-state index in [-0.39, 0.29) is 0 Å². The summed E-state index contributed by atoms with van der Waals surface area (Å²) < 4.78 is 1.32. The molecule has 0 amide bonds. The van der Waals surface area contributed by atoms with Gasteiger partial charge in [-0.15, -0.1) is 0 Å². The van der Waals surface area contributed by atoms with Gasteiger partial charge >= 0.3 is 0 Å². The normalized spacial score (nSPS) is 28.9. The van der Waals surface area contributed by atoms with Crippen LogP contribution in [0.3, 0.4) is 0 Å². The lowest BCUT2D eigenvalue weighted by atomic mass is 10.1. The Morgan fingerprint density at radius 3 is 3.00 bits per heavy atom. The molecule has 1 fully saturated rings. The lowest BCUT2D eigenvalue weighted by molar-refractivity contribution is 0.572. The average Bonchev–Trinajstić information content (AvgIpc) is 2.19. The molecule has 1 nitrogen and oxygen atoms in total. The van der Waals surface area contributed by atoms with E-state index in [9.17, 15) is 0 Å². The minimum atomic E-state index is 0.992. The van der Waals surface area contributed by atoms with Gasteiger partial charge in [-0.1, -0.05) is 22.6 Å². The van der Waals surface area contributed by atoms with Crippen LogP contribution in [0.1, 0.15) is 12.8 Å². The van der Waals surface area contributed by atoms with Crippen LogP contribution in [0.15, 0.2) is 0 Å². The molecule has 0 aromatic heterocycles. The van der Waals surface area contributed by atoms with Crippen LogP contribution >= 0.6 is 22.6 Å². The molecule has 8 heavy (non-hydrogen) atoms. The first-order valence-corrected chi connectivity index (χ1v) is 4.72. The van der Waals surface area contributed by atoms with Crippen LogP contribution in [0.5, 0.6) is 0 Å². The summed E-state index contributed by atoms with van der Waals surface area (Å²) in [4.78, 5) is 0. The van der Waals surface area contributed by atoms with Crippen molar-refractivity contribution in [2.45, 2.75) is 12.8 Å². The third-order valence-electron chi connectivity index (χ3n) is 1.68. The van der Waals surface area contributed by atoms with E-state index in [1.54, 1.807) is 0 Å². The molecule has 0 spiro atoms. The number of rotatable bonds is 2. The van der Waals surface area contributed by atoms with Crippen LogP contribution in [0.25, 0.3) is 0 Å². The highest BCUT2D eigenvalue weighted by Gasteiger charge is 2.12. The predicted molar refractivity (Wildman–Crippen MR) is 44.5 cm³/mol. The molecule has 0 aliphatic carbocycles. The standard InChI is InChI=1S/C6H12IN/c7-3-1-6-2-4-8-5-6/h6,8H,1-5H2/t6-/m1/s1. The Balaban J connectivity index is 2.06. The summed E-state index contributed by atoms with van der Waals surface area (Å²) in [6, 6.07) is 0. The van der Waals surface area contributed by atoms with E-state index in [4.69, 9.17) is 0 Å². The van der Waals surface area contributed by atoms with Gasteiger partial charge in [0.15, 0.2) is 0 Å². The van der Waals surface area contributed by atoms with Gasteiger partial charge in [0.25, 0.3) is 0 Å². The third kappa shape index (κ3) is 1.90. The fourth-order valence-corrected chi connectivity index (χ4v) is 2.00. The summed E-state index contributed by atoms with van der Waals surface area (Å²) >= 11 is 2.45. The second-order valence-corrected chi connectivity index (χ2v) is 3.42. The Morgan fingerprint density at radius 1 is 1.62 bits per heavy atom. The SMILES string of the molecule is ICC[C@@H]1CCNC1. The summed E-state index contributed by atoms with van der Waals surface area (Å²) in [7, 11) is 0. The molecular formula is C6H12IN. The molecule has 0 saturated carbocycles. The summed E-state index contributed by atoms with van der Waals surface area (Å²) in [5.41, 5.74) is 0. The van der Waals surface area contributed by atoms with E-state index >= 15 is 0 Å². The first-order chi connectivity index (χ1) is 3.93. The van der Waals surface area contributed by atoms with Gasteiger partial charge in [-0.25, -0.2) is 0 Å². The Hall–Kier alpha value is 0.690. The van der Waals surface area contributed by atoms with Gasteiger partial charge in [-0.2, -0.15) is 0 Å². The van der Waals surface area contributed by atoms with E-state index in [1.807, 2.05) is 0 Å². The summed E-state index contributed by atoms with van der Waals surface area (Å²) in [5, 5.41) is 3.35. The van der Waals surface area contributed by atoms with E-state index < -0.39 is 0 Å². The highest BCUT2D eigenvalue weighted by atomic mass is 127. The van der Waals surface area contributed by atoms with Crippen molar-refractivity contribution in [1.82, 2.24) is 5.32 Å². The maximum absolute atomic E-state index is 3.35. The molecule has 48 valence electrons. The maximum atomic E-state index is 3.35. The summed E-state index contributed by atoms with van der Waals surface area (Å²) in [5.74, 6) is 0.992. The minimum Gasteiger partial charge on any atom is -0.316 e. The van der Waals surface area contributed by atoms with Crippen LogP contribution in [0.2, 0.25) is 0 Å². The number of alkyl halides is 1. The first kappa shape index (κ1) is 6.81. The molecule has 0 unspecified atom stereocenters. The Labute approximate surface area is 64.4 Å². The van der Waals surface area contributed by atoms with E-state index in [1.165, 1.54) is 30.4 Å². The molecule has 1 atom stereocenters. The quantitative estimate of drug-likeness (QED) is 0.553. The minimum absolute atomic E-state index is 0.992. The third-order valence-corrected chi connectivity index (χ3v) is 2.30. The molecule has 0 aromatic rings. The Bertz CT molecular complexity index is 59.5. The van der Waals surface area contributed by atoms with Crippen LogP contribution in [-0.2, 0) is 0 Å². The van der Waals surface area contributed by atoms with Gasteiger partial charge in [0, 0.05) is 0 Å². The zero-order valence-electron chi connectivity index (χ0n) is 4.99. The maximum Gasteiger partial charge on any atom is -0.000161 e. The molecule has 0 bridgehead atoms. The Kier molecular flexibility index (Phi) is 3.12. The van der Waals surface area contributed by atoms with Crippen LogP contribution in [0, 0.1) is 5.92 Å². The lowest BCUT2D eigenvalue weighted by Crippen LogP contribution is -2.08. The molecule has 1 aliphatic rings. The van der Waals surface area contributed by atoms with Crippen molar-refractivity contribution < 1.29 is 0 Å². The fraction of sp³-hybridized carbons (Fsp3) is 1.00. The van der Waals surface area contributed by atoms with Crippen LogP contribution in [0.4, 0.5) is 0 Å². The second-order valence-electron chi connectivity index (χ2n) is 2.34. The van der Waals surface area contributed by atoms with Crippen LogP contribution in [-0.4, -0.2) is 17.5 Å². The highest BCUT2D eigenvalue weighted by molar-refractivity contribution is 14.1. The molecule has 0 aromatic carbocycles. The monoisotopic (exact) mass is 225 g/mol. The first-order valence-electron chi connectivity index (χ1n) is 3.20. The number of nitrogens with one attached hydrogen (secondary N) is 1. The van der Waals surface area contributed by atoms with Crippen molar-refractivity contribution >= 4 is 22.6 Å². The molecule has 1 heterocycles. The predicted octanol–water partition coefficient (Wildman–Crippen LogP) is 1.42. The highest BCUT2D eigenvalue weighted by Crippen LogP contribution is 2.12. The van der Waals surface area contributed by atoms with Gasteiger partial charge in [-0.05, 0) is 36.3 Å². The van der Waals surface area contributed by atoms with Crippen molar-refractivity contribution in [2.75, 3.05) is 17.5 Å². The number of halogens is 1. The average molecular weight is 225 g/mol. The molecular weight excluding hydrogens is 213 g/mol. The molecule has 1 rings (SSSR count). The summed E-state index contributed by atoms with van der Waals surface area (Å²) in [6.45, 7) is 2.52. The zero-order chi connectivity index (χ0) is 5.82. The van der Waals surface area contributed by atoms with Crippen molar-refractivity contribution in [1.29, 1.82) is 0 Å². The number of hydrogen-bond donors (Lipinski definition) is 1. The number of hydrogen-bond acceptors (Lipinski definition) is 1. The van der Waals surface area contributed by atoms with E-state index in [0.717, 1.165) is 5.92 Å². The molecule has 0 radical (unpaired) electrons. The van der Waals surface area contributed by atoms with Gasteiger partial charge in [0.05, 0.1) is 0 Å². The topological polar surface area (TPSA) is 12.0 Å². The van der Waals surface area contributed by atoms with E-state index in [0.29, 0.717) is 0 Å². The van der Waals surface area contributed by atoms with Gasteiger partial charge in [-0.3, -0.25) is 0 Å². The molecule has 1 saturated heterocycles. The summed E-state index contributed by atoms with van der Waals surface area (Å²) in [6.07, 6.45) is 2.82. The van der Waals surface area contributed by atoms with Crippen molar-refractivity contribution in [2.24, 2.45) is 5.92 Å². The Morgan fingerprint density at radius 2 is 2.50 bits per heavy atom. The zero-order valence-corrected chi connectivity index (χ0v) is 7.15. The van der Waals surface area contributed by atoms with Crippen molar-refractivity contribution in [3.63, 3.8) is 0 Å². The van der Waals surface area contributed by atoms with Crippen molar-refractivity contribution in [3.05, 3.63) is 0 Å². The van der Waals surface area contributed by atoms with Gasteiger partial charge in [0.1, 0.15) is 0 Å². The molecule has 1 aliphatic heterocycles. The fourth-order valence-electron chi connectivity index (χ4n) is 1.12.